The summed E-state index contributed by atoms with van der Waals surface area (Å²) in [6.07, 6.45) is 1.65. The third-order valence-corrected chi connectivity index (χ3v) is 4.23. The first-order valence-electron chi connectivity index (χ1n) is 8.27. The van der Waals surface area contributed by atoms with Crippen molar-refractivity contribution in [2.75, 3.05) is 31.1 Å². The van der Waals surface area contributed by atoms with Gasteiger partial charge in [0.2, 0.25) is 0 Å². The molecule has 0 saturated carbocycles. The van der Waals surface area contributed by atoms with Crippen molar-refractivity contribution < 1.29 is 9.53 Å². The van der Waals surface area contributed by atoms with E-state index in [1.165, 1.54) is 11.1 Å². The summed E-state index contributed by atoms with van der Waals surface area (Å²) < 4.78 is 5.40. The fourth-order valence-corrected chi connectivity index (χ4v) is 2.95. The predicted molar refractivity (Wildman–Crippen MR) is 94.1 cm³/mol. The molecule has 0 radical (unpaired) electrons. The van der Waals surface area contributed by atoms with Gasteiger partial charge in [0.25, 0.3) is 0 Å². The summed E-state index contributed by atoms with van der Waals surface area (Å²) in [5, 5.41) is 0. The number of aromatic nitrogens is 1. The van der Waals surface area contributed by atoms with Crippen LogP contribution in [0.1, 0.15) is 16.7 Å². The van der Waals surface area contributed by atoms with Crippen LogP contribution in [-0.2, 0) is 11.3 Å². The number of amides is 1. The molecule has 1 saturated heterocycles. The number of hydrogen-bond donors (Lipinski definition) is 0. The molecule has 24 heavy (non-hydrogen) atoms. The number of carbonyl (C=O) groups is 1. The van der Waals surface area contributed by atoms with E-state index in [2.05, 4.69) is 22.9 Å². The molecule has 0 aliphatic carbocycles. The van der Waals surface area contributed by atoms with E-state index in [1.807, 2.05) is 43.5 Å². The molecular weight excluding hydrogens is 302 g/mol. The Morgan fingerprint density at radius 2 is 1.83 bits per heavy atom. The molecule has 2 heterocycles. The van der Waals surface area contributed by atoms with E-state index in [-0.39, 0.29) is 6.09 Å². The molecule has 3 rings (SSSR count). The molecule has 1 aliphatic heterocycles. The van der Waals surface area contributed by atoms with Crippen LogP contribution < -0.4 is 4.90 Å². The first-order chi connectivity index (χ1) is 11.6. The van der Waals surface area contributed by atoms with Gasteiger partial charge in [-0.15, -0.1) is 0 Å². The van der Waals surface area contributed by atoms with Gasteiger partial charge in [0, 0.05) is 32.4 Å². The van der Waals surface area contributed by atoms with Gasteiger partial charge in [-0.05, 0) is 30.5 Å². The van der Waals surface area contributed by atoms with Crippen LogP contribution in [0.15, 0.2) is 42.6 Å². The molecule has 1 amide bonds. The summed E-state index contributed by atoms with van der Waals surface area (Å²) in [4.78, 5) is 20.7. The summed E-state index contributed by atoms with van der Waals surface area (Å²) in [7, 11) is 0. The van der Waals surface area contributed by atoms with Crippen molar-refractivity contribution in [3.63, 3.8) is 0 Å². The number of carbonyl (C=O) groups excluding carboxylic acids is 1. The lowest BCUT2D eigenvalue weighted by Gasteiger charge is -2.35. The molecule has 0 unspecified atom stereocenters. The monoisotopic (exact) mass is 325 g/mol. The van der Waals surface area contributed by atoms with E-state index in [9.17, 15) is 4.79 Å². The second kappa shape index (κ2) is 7.34. The largest absolute Gasteiger partial charge is 0.445 e. The van der Waals surface area contributed by atoms with Crippen LogP contribution in [0.5, 0.6) is 0 Å². The molecular formula is C19H23N3O2. The molecule has 5 nitrogen and oxygen atoms in total. The van der Waals surface area contributed by atoms with Crippen molar-refractivity contribution in [1.29, 1.82) is 0 Å². The Morgan fingerprint density at radius 1 is 1.12 bits per heavy atom. The van der Waals surface area contributed by atoms with Crippen molar-refractivity contribution in [2.45, 2.75) is 20.5 Å². The average Bonchev–Trinajstić information content (AvgIpc) is 2.61. The first-order valence-corrected chi connectivity index (χ1v) is 8.27. The Bertz CT molecular complexity index is 695. The van der Waals surface area contributed by atoms with Crippen molar-refractivity contribution in [3.05, 3.63) is 59.3 Å². The van der Waals surface area contributed by atoms with Gasteiger partial charge in [0.05, 0.1) is 0 Å². The Labute approximate surface area is 142 Å². The van der Waals surface area contributed by atoms with E-state index in [4.69, 9.17) is 4.74 Å². The normalized spacial score (nSPS) is 14.6. The van der Waals surface area contributed by atoms with Crippen LogP contribution in [0.3, 0.4) is 0 Å². The topological polar surface area (TPSA) is 45.7 Å². The zero-order chi connectivity index (χ0) is 16.9. The van der Waals surface area contributed by atoms with Gasteiger partial charge in [-0.2, -0.15) is 0 Å². The van der Waals surface area contributed by atoms with E-state index >= 15 is 0 Å². The van der Waals surface area contributed by atoms with Gasteiger partial charge >= 0.3 is 6.09 Å². The molecule has 0 N–H and O–H groups in total. The average molecular weight is 325 g/mol. The molecule has 2 aromatic rings. The van der Waals surface area contributed by atoms with Crippen molar-refractivity contribution >= 4 is 11.9 Å². The number of pyridine rings is 1. The molecule has 1 fully saturated rings. The van der Waals surface area contributed by atoms with Gasteiger partial charge in [-0.1, -0.05) is 36.4 Å². The van der Waals surface area contributed by atoms with Crippen LogP contribution in [-0.4, -0.2) is 42.2 Å². The molecule has 126 valence electrons. The SMILES string of the molecule is Cc1cnc(N2CCN(C(=O)OCc3ccccc3)CC2)c(C)c1. The molecule has 0 spiro atoms. The number of ether oxygens (including phenoxy) is 1. The number of hydrogen-bond acceptors (Lipinski definition) is 4. The highest BCUT2D eigenvalue weighted by Gasteiger charge is 2.23. The lowest BCUT2D eigenvalue weighted by atomic mass is 10.2. The van der Waals surface area contributed by atoms with Crippen molar-refractivity contribution in [3.8, 4) is 0 Å². The third-order valence-electron chi connectivity index (χ3n) is 4.23. The lowest BCUT2D eigenvalue weighted by molar-refractivity contribution is 0.0941. The summed E-state index contributed by atoms with van der Waals surface area (Å²) >= 11 is 0. The minimum absolute atomic E-state index is 0.243. The number of aryl methyl sites for hydroxylation is 2. The zero-order valence-electron chi connectivity index (χ0n) is 14.2. The number of nitrogens with zero attached hydrogens (tertiary/aromatic N) is 3. The summed E-state index contributed by atoms with van der Waals surface area (Å²) in [5.74, 6) is 1.01. The summed E-state index contributed by atoms with van der Waals surface area (Å²) in [6, 6.07) is 11.9. The van der Waals surface area contributed by atoms with Crippen LogP contribution in [0.4, 0.5) is 10.6 Å². The maximum Gasteiger partial charge on any atom is 0.410 e. The van der Waals surface area contributed by atoms with E-state index in [0.29, 0.717) is 19.7 Å². The molecule has 1 aromatic heterocycles. The number of benzene rings is 1. The van der Waals surface area contributed by atoms with Gasteiger partial charge in [0.15, 0.2) is 0 Å². The first kappa shape index (κ1) is 16.3. The lowest BCUT2D eigenvalue weighted by Crippen LogP contribution is -2.49. The quantitative estimate of drug-likeness (QED) is 0.869. The molecule has 0 atom stereocenters. The Morgan fingerprint density at radius 3 is 2.50 bits per heavy atom. The van der Waals surface area contributed by atoms with Crippen LogP contribution in [0, 0.1) is 13.8 Å². The van der Waals surface area contributed by atoms with Gasteiger partial charge in [0.1, 0.15) is 12.4 Å². The highest BCUT2D eigenvalue weighted by Crippen LogP contribution is 2.19. The van der Waals surface area contributed by atoms with Gasteiger partial charge in [-0.25, -0.2) is 9.78 Å². The molecule has 0 bridgehead atoms. The maximum absolute atomic E-state index is 12.2. The number of piperazine rings is 1. The fourth-order valence-electron chi connectivity index (χ4n) is 2.95. The minimum atomic E-state index is -0.243. The standard InChI is InChI=1S/C19H23N3O2/c1-15-12-16(2)18(20-13-15)21-8-10-22(11-9-21)19(23)24-14-17-6-4-3-5-7-17/h3-7,12-13H,8-11,14H2,1-2H3. The van der Waals surface area contributed by atoms with Gasteiger partial charge < -0.3 is 14.5 Å². The predicted octanol–water partition coefficient (Wildman–Crippen LogP) is 3.16. The van der Waals surface area contributed by atoms with E-state index in [1.54, 1.807) is 4.90 Å². The van der Waals surface area contributed by atoms with Crippen LogP contribution in [0.2, 0.25) is 0 Å². The second-order valence-corrected chi connectivity index (χ2v) is 6.17. The van der Waals surface area contributed by atoms with Crippen LogP contribution in [0.25, 0.3) is 0 Å². The number of rotatable bonds is 3. The third kappa shape index (κ3) is 3.85. The molecule has 1 aromatic carbocycles. The number of anilines is 1. The van der Waals surface area contributed by atoms with E-state index < -0.39 is 0 Å². The zero-order valence-corrected chi connectivity index (χ0v) is 14.2. The maximum atomic E-state index is 12.2. The van der Waals surface area contributed by atoms with Crippen LogP contribution >= 0.6 is 0 Å². The second-order valence-electron chi connectivity index (χ2n) is 6.17. The smallest absolute Gasteiger partial charge is 0.410 e. The Kier molecular flexibility index (Phi) is 4.99. The molecule has 1 aliphatic rings. The highest BCUT2D eigenvalue weighted by molar-refractivity contribution is 5.68. The van der Waals surface area contributed by atoms with Crippen molar-refractivity contribution in [1.82, 2.24) is 9.88 Å². The minimum Gasteiger partial charge on any atom is -0.445 e. The van der Waals surface area contributed by atoms with Gasteiger partial charge in [-0.3, -0.25) is 0 Å². The van der Waals surface area contributed by atoms with E-state index in [0.717, 1.165) is 24.5 Å². The Balaban J connectivity index is 1.52. The highest BCUT2D eigenvalue weighted by atomic mass is 16.6. The van der Waals surface area contributed by atoms with Crippen molar-refractivity contribution in [2.24, 2.45) is 0 Å². The Hall–Kier alpha value is -2.56. The fraction of sp³-hybridized carbons (Fsp3) is 0.368. The molecule has 5 heteroatoms. The summed E-state index contributed by atoms with van der Waals surface area (Å²) in [6.45, 7) is 7.30. The summed E-state index contributed by atoms with van der Waals surface area (Å²) in [5.41, 5.74) is 3.35.